The van der Waals surface area contributed by atoms with Gasteiger partial charge in [0.25, 0.3) is 5.69 Å². The van der Waals surface area contributed by atoms with Crippen LogP contribution in [-0.4, -0.2) is 68.5 Å². The molecule has 1 heterocycles. The van der Waals surface area contributed by atoms with Gasteiger partial charge in [0.1, 0.15) is 0 Å². The van der Waals surface area contributed by atoms with E-state index in [1.54, 1.807) is 0 Å². The number of carbonyl (C=O) groups excluding carboxylic acids is 2. The average molecular weight is 463 g/mol. The van der Waals surface area contributed by atoms with Crippen molar-refractivity contribution in [3.8, 4) is 11.5 Å². The predicted molar refractivity (Wildman–Crippen MR) is 105 cm³/mol. The Kier molecular flexibility index (Phi) is 8.49. The Morgan fingerprint density at radius 2 is 1.78 bits per heavy atom. The number of rotatable bonds is 8. The van der Waals surface area contributed by atoms with Crippen LogP contribution in [0.5, 0.6) is 11.5 Å². The highest BCUT2D eigenvalue weighted by Crippen LogP contribution is 2.34. The summed E-state index contributed by atoms with van der Waals surface area (Å²) in [5.41, 5.74) is 0.192. The minimum absolute atomic E-state index is 0.0932. The van der Waals surface area contributed by atoms with Crippen molar-refractivity contribution >= 4 is 17.7 Å². The van der Waals surface area contributed by atoms with Crippen LogP contribution in [0.3, 0.4) is 0 Å². The molecule has 0 spiro atoms. The molecule has 178 valence electrons. The predicted octanol–water partition coefficient (Wildman–Crippen LogP) is 2.68. The second-order valence-corrected chi connectivity index (χ2v) is 7.07. The van der Waals surface area contributed by atoms with E-state index in [4.69, 9.17) is 9.47 Å². The summed E-state index contributed by atoms with van der Waals surface area (Å²) in [5, 5.41) is 14.0. The van der Waals surface area contributed by atoms with Gasteiger partial charge in [-0.2, -0.15) is 13.2 Å². The van der Waals surface area contributed by atoms with Crippen molar-refractivity contribution in [3.05, 3.63) is 27.8 Å². The highest BCUT2D eigenvalue weighted by molar-refractivity contribution is 5.79. The number of methoxy groups -OCH3 is 2. The minimum atomic E-state index is -4.60. The fourth-order valence-corrected chi connectivity index (χ4v) is 3.30. The zero-order valence-corrected chi connectivity index (χ0v) is 17.6. The number of ether oxygens (including phenoxy) is 3. The van der Waals surface area contributed by atoms with Crippen molar-refractivity contribution in [3.63, 3.8) is 0 Å². The van der Waals surface area contributed by atoms with Crippen molar-refractivity contribution in [1.29, 1.82) is 0 Å². The van der Waals surface area contributed by atoms with Crippen molar-refractivity contribution in [2.75, 3.05) is 40.5 Å². The summed E-state index contributed by atoms with van der Waals surface area (Å²) in [7, 11) is 2.77. The lowest BCUT2D eigenvalue weighted by molar-refractivity contribution is -0.385. The molecule has 2 rings (SSSR count). The van der Waals surface area contributed by atoms with Gasteiger partial charge in [0.05, 0.1) is 25.2 Å². The molecule has 0 aromatic heterocycles. The molecular formula is C19H24F3N3O7. The van der Waals surface area contributed by atoms with Crippen LogP contribution in [-0.2, 0) is 16.0 Å². The number of carbonyl (C=O) groups is 2. The van der Waals surface area contributed by atoms with E-state index in [1.165, 1.54) is 26.4 Å². The Hall–Kier alpha value is -3.25. The third-order valence-electron chi connectivity index (χ3n) is 4.96. The Labute approximate surface area is 181 Å². The van der Waals surface area contributed by atoms with E-state index in [1.807, 2.05) is 0 Å². The number of piperidine rings is 1. The lowest BCUT2D eigenvalue weighted by atomic mass is 9.96. The Balaban J connectivity index is 1.85. The average Bonchev–Trinajstić information content (AvgIpc) is 2.76. The van der Waals surface area contributed by atoms with Gasteiger partial charge >= 0.3 is 12.3 Å². The number of nitro groups is 1. The summed E-state index contributed by atoms with van der Waals surface area (Å²) in [6.45, 7) is -1.34. The quantitative estimate of drug-likeness (QED) is 0.465. The first kappa shape index (κ1) is 25.0. The summed E-state index contributed by atoms with van der Waals surface area (Å²) < 4.78 is 50.9. The highest BCUT2D eigenvalue weighted by atomic mass is 19.4. The maximum atomic E-state index is 12.4. The largest absolute Gasteiger partial charge is 0.493 e. The van der Waals surface area contributed by atoms with Crippen LogP contribution < -0.4 is 14.8 Å². The van der Waals surface area contributed by atoms with Crippen LogP contribution >= 0.6 is 0 Å². The molecule has 1 aromatic rings. The number of halogens is 3. The summed E-state index contributed by atoms with van der Waals surface area (Å²) in [6, 6.07) is 2.73. The summed E-state index contributed by atoms with van der Waals surface area (Å²) in [6.07, 6.45) is -4.96. The molecule has 2 amide bonds. The molecule has 1 saturated heterocycles. The number of hydrogen-bond acceptors (Lipinski definition) is 7. The number of nitrogens with one attached hydrogen (secondary N) is 1. The van der Waals surface area contributed by atoms with E-state index in [-0.39, 0.29) is 56.2 Å². The fraction of sp³-hybridized carbons (Fsp3) is 0.579. The zero-order valence-electron chi connectivity index (χ0n) is 17.6. The molecule has 0 bridgehead atoms. The topological polar surface area (TPSA) is 120 Å². The molecule has 1 N–H and O–H groups in total. The molecule has 0 atom stereocenters. The smallest absolute Gasteiger partial charge is 0.422 e. The number of nitro benzene ring substituents is 1. The molecule has 1 aliphatic heterocycles. The molecule has 1 aliphatic rings. The van der Waals surface area contributed by atoms with E-state index in [9.17, 15) is 32.9 Å². The maximum Gasteiger partial charge on any atom is 0.422 e. The van der Waals surface area contributed by atoms with Gasteiger partial charge in [-0.25, -0.2) is 4.79 Å². The lowest BCUT2D eigenvalue weighted by Crippen LogP contribution is -2.44. The number of nitrogens with zero attached hydrogens (tertiary/aromatic N) is 2. The van der Waals surface area contributed by atoms with Crippen molar-refractivity contribution in [2.45, 2.75) is 25.4 Å². The molecule has 13 heteroatoms. The molecule has 0 aliphatic carbocycles. The van der Waals surface area contributed by atoms with Gasteiger partial charge in [-0.1, -0.05) is 0 Å². The number of benzene rings is 1. The third-order valence-corrected chi connectivity index (χ3v) is 4.96. The zero-order chi connectivity index (χ0) is 23.9. The molecule has 1 aromatic carbocycles. The van der Waals surface area contributed by atoms with Crippen molar-refractivity contribution < 1.29 is 41.9 Å². The fourth-order valence-electron chi connectivity index (χ4n) is 3.30. The van der Waals surface area contributed by atoms with Crippen LogP contribution in [0, 0.1) is 16.0 Å². The molecule has 1 fully saturated rings. The van der Waals surface area contributed by atoms with Crippen molar-refractivity contribution in [1.82, 2.24) is 10.2 Å². The van der Waals surface area contributed by atoms with Crippen LogP contribution in [0.2, 0.25) is 0 Å². The van der Waals surface area contributed by atoms with E-state index >= 15 is 0 Å². The molecule has 0 saturated carbocycles. The van der Waals surface area contributed by atoms with Gasteiger partial charge in [-0.15, -0.1) is 0 Å². The SMILES string of the molecule is COc1cc(CCNC(=O)C2CCN(C(=O)OCC(F)(F)F)CC2)c([N+](=O)[O-])cc1OC. The molecule has 32 heavy (non-hydrogen) atoms. The number of likely N-dealkylation sites (tertiary alicyclic amines) is 1. The first-order valence-electron chi connectivity index (χ1n) is 9.71. The van der Waals surface area contributed by atoms with Crippen LogP contribution in [0.4, 0.5) is 23.7 Å². The van der Waals surface area contributed by atoms with Crippen LogP contribution in [0.15, 0.2) is 12.1 Å². The first-order chi connectivity index (χ1) is 15.1. The first-order valence-corrected chi connectivity index (χ1v) is 9.71. The maximum absolute atomic E-state index is 12.4. The van der Waals surface area contributed by atoms with Gasteiger partial charge in [-0.05, 0) is 25.3 Å². The van der Waals surface area contributed by atoms with Gasteiger partial charge in [0, 0.05) is 31.1 Å². The number of alkyl halides is 3. The summed E-state index contributed by atoms with van der Waals surface area (Å²) in [5.74, 6) is -0.185. The van der Waals surface area contributed by atoms with E-state index in [0.717, 1.165) is 4.90 Å². The number of hydrogen-bond donors (Lipinski definition) is 1. The van der Waals surface area contributed by atoms with Gasteiger partial charge in [-0.3, -0.25) is 14.9 Å². The van der Waals surface area contributed by atoms with Gasteiger partial charge < -0.3 is 24.4 Å². The second kappa shape index (κ2) is 10.9. The summed E-state index contributed by atoms with van der Waals surface area (Å²) >= 11 is 0. The molecule has 10 nitrogen and oxygen atoms in total. The lowest BCUT2D eigenvalue weighted by Gasteiger charge is -2.30. The molecule has 0 radical (unpaired) electrons. The van der Waals surface area contributed by atoms with Crippen LogP contribution in [0.25, 0.3) is 0 Å². The Morgan fingerprint density at radius 3 is 2.31 bits per heavy atom. The number of amides is 2. The second-order valence-electron chi connectivity index (χ2n) is 7.07. The Bertz CT molecular complexity index is 840. The van der Waals surface area contributed by atoms with Crippen molar-refractivity contribution in [2.24, 2.45) is 5.92 Å². The standard InChI is InChI=1S/C19H24F3N3O7/c1-30-15-9-13(14(25(28)29)10-16(15)31-2)3-6-23-17(26)12-4-7-24(8-5-12)18(27)32-11-19(20,21)22/h9-10,12H,3-8,11H2,1-2H3,(H,23,26). The minimum Gasteiger partial charge on any atom is -0.493 e. The van der Waals surface area contributed by atoms with Gasteiger partial charge in [0.15, 0.2) is 18.1 Å². The van der Waals surface area contributed by atoms with Gasteiger partial charge in [0.2, 0.25) is 5.91 Å². The normalized spacial score (nSPS) is 14.6. The van der Waals surface area contributed by atoms with E-state index in [2.05, 4.69) is 10.1 Å². The third kappa shape index (κ3) is 6.89. The monoisotopic (exact) mass is 463 g/mol. The van der Waals surface area contributed by atoms with Crippen LogP contribution in [0.1, 0.15) is 18.4 Å². The summed E-state index contributed by atoms with van der Waals surface area (Å²) in [4.78, 5) is 36.0. The molecule has 0 unspecified atom stereocenters. The Morgan fingerprint density at radius 1 is 1.19 bits per heavy atom. The van der Waals surface area contributed by atoms with E-state index in [0.29, 0.717) is 11.3 Å². The highest BCUT2D eigenvalue weighted by Gasteiger charge is 2.33. The molecular weight excluding hydrogens is 439 g/mol. The van der Waals surface area contributed by atoms with E-state index < -0.39 is 29.7 Å².